The minimum absolute atomic E-state index is 0.0923. The molecule has 0 aliphatic carbocycles. The first-order valence-corrected chi connectivity index (χ1v) is 9.10. The van der Waals surface area contributed by atoms with Crippen LogP contribution in [0.4, 0.5) is 0 Å². The van der Waals surface area contributed by atoms with Crippen molar-refractivity contribution >= 4 is 11.8 Å². The lowest BCUT2D eigenvalue weighted by atomic mass is 9.90. The van der Waals surface area contributed by atoms with Gasteiger partial charge < -0.3 is 10.2 Å². The molecule has 1 N–H and O–H groups in total. The van der Waals surface area contributed by atoms with E-state index in [1.54, 1.807) is 6.92 Å². The van der Waals surface area contributed by atoms with Gasteiger partial charge in [0.05, 0.1) is 11.3 Å². The number of aryl methyl sites for hydroxylation is 1. The maximum atomic E-state index is 12.7. The van der Waals surface area contributed by atoms with Gasteiger partial charge in [0.2, 0.25) is 5.91 Å². The van der Waals surface area contributed by atoms with Gasteiger partial charge in [0.25, 0.3) is 5.91 Å². The highest BCUT2D eigenvalue weighted by Crippen LogP contribution is 2.29. The van der Waals surface area contributed by atoms with Crippen LogP contribution in [0.1, 0.15) is 53.0 Å². The molecule has 0 radical (unpaired) electrons. The molecule has 1 fully saturated rings. The molecular weight excluding hydrogens is 326 g/mol. The summed E-state index contributed by atoms with van der Waals surface area (Å²) in [7, 11) is 0. The SMILES string of the molecule is CC(=O)N1CCC(c2nc(C)ccc2C(=O)NCc2ccccc2)CC1. The van der Waals surface area contributed by atoms with Gasteiger partial charge in [0.15, 0.2) is 0 Å². The Morgan fingerprint density at radius 3 is 2.46 bits per heavy atom. The number of carbonyl (C=O) groups excluding carboxylic acids is 2. The normalized spacial score (nSPS) is 14.9. The van der Waals surface area contributed by atoms with Crippen LogP contribution in [0, 0.1) is 6.92 Å². The van der Waals surface area contributed by atoms with Crippen molar-refractivity contribution in [3.05, 3.63) is 65.0 Å². The topological polar surface area (TPSA) is 62.3 Å². The minimum Gasteiger partial charge on any atom is -0.348 e. The zero-order valence-electron chi connectivity index (χ0n) is 15.4. The minimum atomic E-state index is -0.0923. The number of benzene rings is 1. The molecule has 5 nitrogen and oxygen atoms in total. The number of piperidine rings is 1. The van der Waals surface area contributed by atoms with Crippen molar-refractivity contribution in [1.82, 2.24) is 15.2 Å². The summed E-state index contributed by atoms with van der Waals surface area (Å²) in [6, 6.07) is 13.6. The first-order valence-electron chi connectivity index (χ1n) is 9.10. The van der Waals surface area contributed by atoms with Crippen molar-refractivity contribution in [3.8, 4) is 0 Å². The summed E-state index contributed by atoms with van der Waals surface area (Å²) in [5, 5.41) is 3.00. The first kappa shape index (κ1) is 18.1. The fourth-order valence-corrected chi connectivity index (χ4v) is 3.42. The molecule has 0 spiro atoms. The molecule has 136 valence electrons. The Balaban J connectivity index is 1.73. The second-order valence-electron chi connectivity index (χ2n) is 6.83. The molecule has 1 aliphatic rings. The van der Waals surface area contributed by atoms with E-state index in [2.05, 4.69) is 10.3 Å². The van der Waals surface area contributed by atoms with Gasteiger partial charge in [-0.3, -0.25) is 14.6 Å². The highest BCUT2D eigenvalue weighted by Gasteiger charge is 2.26. The molecule has 26 heavy (non-hydrogen) atoms. The fourth-order valence-electron chi connectivity index (χ4n) is 3.42. The molecule has 0 unspecified atom stereocenters. The van der Waals surface area contributed by atoms with Crippen LogP contribution in [0.2, 0.25) is 0 Å². The number of rotatable bonds is 4. The number of likely N-dealkylation sites (tertiary alicyclic amines) is 1. The van der Waals surface area contributed by atoms with Crippen LogP contribution in [-0.2, 0) is 11.3 Å². The van der Waals surface area contributed by atoms with Gasteiger partial charge in [0.1, 0.15) is 0 Å². The first-order chi connectivity index (χ1) is 12.5. The number of nitrogens with one attached hydrogen (secondary N) is 1. The Morgan fingerprint density at radius 1 is 1.12 bits per heavy atom. The van der Waals surface area contributed by atoms with Gasteiger partial charge in [-0.05, 0) is 37.5 Å². The summed E-state index contributed by atoms with van der Waals surface area (Å²) >= 11 is 0. The molecule has 2 heterocycles. The van der Waals surface area contributed by atoms with Gasteiger partial charge in [-0.2, -0.15) is 0 Å². The second kappa shape index (κ2) is 8.13. The number of hydrogen-bond acceptors (Lipinski definition) is 3. The Morgan fingerprint density at radius 2 is 1.81 bits per heavy atom. The molecule has 2 amide bonds. The summed E-state index contributed by atoms with van der Waals surface area (Å²) in [6.45, 7) is 5.49. The maximum Gasteiger partial charge on any atom is 0.253 e. The van der Waals surface area contributed by atoms with Gasteiger partial charge in [0, 0.05) is 38.2 Å². The molecule has 1 aromatic heterocycles. The molecule has 1 saturated heterocycles. The molecule has 3 rings (SSSR count). The molecular formula is C21H25N3O2. The van der Waals surface area contributed by atoms with Crippen molar-refractivity contribution < 1.29 is 9.59 Å². The van der Waals surface area contributed by atoms with Crippen molar-refractivity contribution in [2.45, 2.75) is 39.2 Å². The number of nitrogens with zero attached hydrogens (tertiary/aromatic N) is 2. The van der Waals surface area contributed by atoms with Gasteiger partial charge in [-0.25, -0.2) is 0 Å². The fraction of sp³-hybridized carbons (Fsp3) is 0.381. The van der Waals surface area contributed by atoms with Crippen LogP contribution in [-0.4, -0.2) is 34.8 Å². The summed E-state index contributed by atoms with van der Waals surface area (Å²) < 4.78 is 0. The van der Waals surface area contributed by atoms with Gasteiger partial charge in [-0.15, -0.1) is 0 Å². The van der Waals surface area contributed by atoms with Crippen LogP contribution >= 0.6 is 0 Å². The monoisotopic (exact) mass is 351 g/mol. The van der Waals surface area contributed by atoms with Crippen LogP contribution < -0.4 is 5.32 Å². The second-order valence-corrected chi connectivity index (χ2v) is 6.83. The standard InChI is InChI=1S/C21H25N3O2/c1-15-8-9-19(21(26)22-14-17-6-4-3-5-7-17)20(23-15)18-10-12-24(13-11-18)16(2)25/h3-9,18H,10-14H2,1-2H3,(H,22,26). The lowest BCUT2D eigenvalue weighted by molar-refractivity contribution is -0.129. The molecule has 0 saturated carbocycles. The van der Waals surface area contributed by atoms with E-state index in [1.165, 1.54) is 0 Å². The smallest absolute Gasteiger partial charge is 0.253 e. The maximum absolute atomic E-state index is 12.7. The van der Waals surface area contributed by atoms with E-state index < -0.39 is 0 Å². The average molecular weight is 351 g/mol. The van der Waals surface area contributed by atoms with Crippen LogP contribution in [0.3, 0.4) is 0 Å². The number of amides is 2. The Hall–Kier alpha value is -2.69. The average Bonchev–Trinajstić information content (AvgIpc) is 2.67. The van der Waals surface area contributed by atoms with Crippen molar-refractivity contribution in [1.29, 1.82) is 0 Å². The predicted octanol–water partition coefficient (Wildman–Crippen LogP) is 3.05. The van der Waals surface area contributed by atoms with Gasteiger partial charge >= 0.3 is 0 Å². The Bertz CT molecular complexity index is 781. The third kappa shape index (κ3) is 4.28. The van der Waals surface area contributed by atoms with E-state index in [4.69, 9.17) is 0 Å². The Kier molecular flexibility index (Phi) is 5.66. The van der Waals surface area contributed by atoms with Crippen LogP contribution in [0.25, 0.3) is 0 Å². The number of hydrogen-bond donors (Lipinski definition) is 1. The van der Waals surface area contributed by atoms with Gasteiger partial charge in [-0.1, -0.05) is 30.3 Å². The quantitative estimate of drug-likeness (QED) is 0.921. The summed E-state index contributed by atoms with van der Waals surface area (Å²) in [6.07, 6.45) is 1.68. The third-order valence-electron chi connectivity index (χ3n) is 4.93. The lowest BCUT2D eigenvalue weighted by Gasteiger charge is -2.31. The summed E-state index contributed by atoms with van der Waals surface area (Å²) in [4.78, 5) is 30.8. The van der Waals surface area contributed by atoms with Crippen molar-refractivity contribution in [3.63, 3.8) is 0 Å². The highest BCUT2D eigenvalue weighted by atomic mass is 16.2. The van der Waals surface area contributed by atoms with Crippen molar-refractivity contribution in [2.75, 3.05) is 13.1 Å². The Labute approximate surface area is 154 Å². The summed E-state index contributed by atoms with van der Waals surface area (Å²) in [5.41, 5.74) is 3.48. The molecule has 2 aromatic rings. The van der Waals surface area contributed by atoms with E-state index >= 15 is 0 Å². The zero-order valence-corrected chi connectivity index (χ0v) is 15.4. The van der Waals surface area contributed by atoms with Crippen LogP contribution in [0.15, 0.2) is 42.5 Å². The molecule has 0 bridgehead atoms. The van der Waals surface area contributed by atoms with E-state index in [1.807, 2.05) is 54.3 Å². The van der Waals surface area contributed by atoms with Crippen LogP contribution in [0.5, 0.6) is 0 Å². The van der Waals surface area contributed by atoms with E-state index in [0.29, 0.717) is 12.1 Å². The van der Waals surface area contributed by atoms with E-state index in [0.717, 1.165) is 42.9 Å². The molecule has 5 heteroatoms. The largest absolute Gasteiger partial charge is 0.348 e. The molecule has 1 aromatic carbocycles. The predicted molar refractivity (Wildman–Crippen MR) is 101 cm³/mol. The number of pyridine rings is 1. The lowest BCUT2D eigenvalue weighted by Crippen LogP contribution is -2.37. The van der Waals surface area contributed by atoms with Crippen molar-refractivity contribution in [2.24, 2.45) is 0 Å². The molecule has 0 atom stereocenters. The van der Waals surface area contributed by atoms with E-state index in [9.17, 15) is 9.59 Å². The summed E-state index contributed by atoms with van der Waals surface area (Å²) in [5.74, 6) is 0.231. The number of aromatic nitrogens is 1. The third-order valence-corrected chi connectivity index (χ3v) is 4.93. The zero-order chi connectivity index (χ0) is 18.5. The number of carbonyl (C=O) groups is 2. The van der Waals surface area contributed by atoms with E-state index in [-0.39, 0.29) is 17.7 Å². The highest BCUT2D eigenvalue weighted by molar-refractivity contribution is 5.95. The molecule has 1 aliphatic heterocycles.